The Kier molecular flexibility index (Phi) is 3.67. The van der Waals surface area contributed by atoms with Gasteiger partial charge in [0.15, 0.2) is 0 Å². The lowest BCUT2D eigenvalue weighted by molar-refractivity contribution is 0.481. The van der Waals surface area contributed by atoms with Crippen LogP contribution in [0, 0.1) is 0 Å². The molecule has 0 aliphatic heterocycles. The molecule has 0 aliphatic rings. The number of rotatable bonds is 4. The third-order valence-electron chi connectivity index (χ3n) is 2.19. The normalized spacial score (nSPS) is 12.1. The van der Waals surface area contributed by atoms with Crippen molar-refractivity contribution in [1.82, 2.24) is 4.98 Å². The van der Waals surface area contributed by atoms with E-state index in [1.54, 1.807) is 12.1 Å². The van der Waals surface area contributed by atoms with Gasteiger partial charge in [-0.25, -0.2) is 4.98 Å². The zero-order valence-corrected chi connectivity index (χ0v) is 11.1. The summed E-state index contributed by atoms with van der Waals surface area (Å²) < 4.78 is 30.8. The van der Waals surface area contributed by atoms with Gasteiger partial charge in [0.1, 0.15) is 0 Å². The van der Waals surface area contributed by atoms with Gasteiger partial charge in [-0.15, -0.1) is 11.3 Å². The molecule has 1 aromatic carbocycles. The van der Waals surface area contributed by atoms with Crippen LogP contribution in [0.4, 0.5) is 0 Å². The van der Waals surface area contributed by atoms with Gasteiger partial charge < -0.3 is 0 Å². The largest absolute Gasteiger partial charge is 0.286 e. The van der Waals surface area contributed by atoms with Crippen LogP contribution in [-0.4, -0.2) is 23.7 Å². The number of nitrogens with zero attached hydrogens (tertiary/aromatic N) is 1. The number of benzene rings is 1. The maximum Gasteiger partial charge on any atom is 0.264 e. The molecule has 2 rings (SSSR count). The van der Waals surface area contributed by atoms with Crippen LogP contribution in [0.1, 0.15) is 11.4 Å². The van der Waals surface area contributed by atoms with Crippen LogP contribution in [-0.2, 0) is 16.5 Å². The summed E-state index contributed by atoms with van der Waals surface area (Å²) in [6, 6.07) is 5.46. The van der Waals surface area contributed by atoms with Crippen molar-refractivity contribution in [2.24, 2.45) is 0 Å². The Balaban J connectivity index is 2.09. The van der Waals surface area contributed by atoms with E-state index in [0.29, 0.717) is 17.9 Å². The molecule has 0 bridgehead atoms. The lowest BCUT2D eigenvalue weighted by atomic mass is 10.3. The van der Waals surface area contributed by atoms with Crippen molar-refractivity contribution in [2.75, 3.05) is 5.75 Å². The summed E-state index contributed by atoms with van der Waals surface area (Å²) in [4.78, 5) is 4.35. The summed E-state index contributed by atoms with van der Waals surface area (Å²) in [5, 5.41) is 1.48. The van der Waals surface area contributed by atoms with E-state index in [4.69, 9.17) is 16.2 Å². The van der Waals surface area contributed by atoms with Gasteiger partial charge in [0, 0.05) is 11.4 Å². The van der Waals surface area contributed by atoms with E-state index in [1.807, 2.05) is 6.07 Å². The Hall–Kier alpha value is -0.690. The minimum Gasteiger partial charge on any atom is -0.286 e. The van der Waals surface area contributed by atoms with Crippen LogP contribution >= 0.6 is 22.9 Å². The number of halogens is 1. The first-order valence-corrected chi connectivity index (χ1v) is 7.74. The minimum absolute atomic E-state index is 0.232. The fraction of sp³-hybridized carbons (Fsp3) is 0.300. The Morgan fingerprint density at radius 2 is 2.18 bits per heavy atom. The first-order valence-electron chi connectivity index (χ1n) is 4.94. The summed E-state index contributed by atoms with van der Waals surface area (Å²) in [7, 11) is -3.88. The van der Waals surface area contributed by atoms with Crippen molar-refractivity contribution in [2.45, 2.75) is 12.8 Å². The van der Waals surface area contributed by atoms with E-state index in [2.05, 4.69) is 4.98 Å². The molecule has 0 atom stereocenters. The highest BCUT2D eigenvalue weighted by atomic mass is 35.5. The van der Waals surface area contributed by atoms with Crippen LogP contribution in [0.3, 0.4) is 0 Å². The Labute approximate surface area is 108 Å². The molecule has 4 nitrogen and oxygen atoms in total. The van der Waals surface area contributed by atoms with Gasteiger partial charge in [-0.05, 0) is 24.6 Å². The highest BCUT2D eigenvalue weighted by Gasteiger charge is 2.07. The third-order valence-corrected chi connectivity index (χ3v) is 4.32. The van der Waals surface area contributed by atoms with E-state index in [1.165, 1.54) is 11.3 Å². The molecule has 0 aliphatic carbocycles. The quantitative estimate of drug-likeness (QED) is 0.880. The summed E-state index contributed by atoms with van der Waals surface area (Å²) >= 11 is 7.35. The van der Waals surface area contributed by atoms with Gasteiger partial charge >= 0.3 is 0 Å². The van der Waals surface area contributed by atoms with Crippen LogP contribution in [0.25, 0.3) is 10.2 Å². The lowest BCUT2D eigenvalue weighted by Crippen LogP contribution is -2.04. The van der Waals surface area contributed by atoms with Gasteiger partial charge in [0.2, 0.25) is 0 Å². The number of fused-ring (bicyclic) bond motifs is 1. The van der Waals surface area contributed by atoms with E-state index in [-0.39, 0.29) is 5.75 Å². The maximum atomic E-state index is 10.6. The van der Waals surface area contributed by atoms with Gasteiger partial charge in [-0.1, -0.05) is 11.6 Å². The summed E-state index contributed by atoms with van der Waals surface area (Å²) in [6.45, 7) is 0. The Morgan fingerprint density at radius 3 is 2.88 bits per heavy atom. The predicted molar refractivity (Wildman–Crippen MR) is 69.4 cm³/mol. The highest BCUT2D eigenvalue weighted by Crippen LogP contribution is 2.25. The van der Waals surface area contributed by atoms with Crippen LogP contribution in [0.5, 0.6) is 0 Å². The van der Waals surface area contributed by atoms with E-state index >= 15 is 0 Å². The van der Waals surface area contributed by atoms with Crippen molar-refractivity contribution < 1.29 is 13.0 Å². The molecule has 1 N–H and O–H groups in total. The second-order valence-corrected chi connectivity index (χ2v) is 6.73. The molecule has 1 aromatic heterocycles. The second-order valence-electron chi connectivity index (χ2n) is 3.61. The van der Waals surface area contributed by atoms with E-state index in [9.17, 15) is 8.42 Å². The number of aromatic nitrogens is 1. The summed E-state index contributed by atoms with van der Waals surface area (Å²) in [5.74, 6) is -0.232. The van der Waals surface area contributed by atoms with Gasteiger partial charge in [-0.2, -0.15) is 8.42 Å². The second kappa shape index (κ2) is 4.89. The maximum absolute atomic E-state index is 10.6. The van der Waals surface area contributed by atoms with Crippen LogP contribution in [0.2, 0.25) is 5.02 Å². The molecule has 2 aromatic rings. The molecule has 0 fully saturated rings. The van der Waals surface area contributed by atoms with Crippen LogP contribution < -0.4 is 0 Å². The smallest absolute Gasteiger partial charge is 0.264 e. The van der Waals surface area contributed by atoms with Crippen molar-refractivity contribution in [3.05, 3.63) is 28.2 Å². The SMILES string of the molecule is O=S(=O)(O)CCCc1nc2cc(Cl)ccc2s1. The molecule has 0 saturated heterocycles. The van der Waals surface area contributed by atoms with Crippen molar-refractivity contribution >= 4 is 43.3 Å². The lowest BCUT2D eigenvalue weighted by Gasteiger charge is -1.94. The summed E-state index contributed by atoms with van der Waals surface area (Å²) in [6.07, 6.45) is 0.906. The molecular weight excluding hydrogens is 282 g/mol. The molecule has 17 heavy (non-hydrogen) atoms. The molecule has 1 heterocycles. The molecular formula is C10H10ClNO3S2. The molecule has 0 spiro atoms. The average molecular weight is 292 g/mol. The molecule has 0 amide bonds. The zero-order chi connectivity index (χ0) is 12.5. The number of aryl methyl sites for hydroxylation is 1. The Bertz CT molecular complexity index is 636. The number of thiazole rings is 1. The molecule has 0 unspecified atom stereocenters. The number of hydrogen-bond acceptors (Lipinski definition) is 4. The van der Waals surface area contributed by atoms with Crippen molar-refractivity contribution in [1.29, 1.82) is 0 Å². The van der Waals surface area contributed by atoms with Crippen molar-refractivity contribution in [3.8, 4) is 0 Å². The monoisotopic (exact) mass is 291 g/mol. The van der Waals surface area contributed by atoms with Gasteiger partial charge in [0.25, 0.3) is 10.1 Å². The average Bonchev–Trinajstić information content (AvgIpc) is 2.57. The predicted octanol–water partition coefficient (Wildman–Crippen LogP) is 2.77. The van der Waals surface area contributed by atoms with Crippen molar-refractivity contribution in [3.63, 3.8) is 0 Å². The zero-order valence-electron chi connectivity index (χ0n) is 8.76. The first-order chi connectivity index (χ1) is 7.94. The van der Waals surface area contributed by atoms with Gasteiger partial charge in [0.05, 0.1) is 21.0 Å². The van der Waals surface area contributed by atoms with E-state index < -0.39 is 10.1 Å². The first kappa shape index (κ1) is 12.8. The topological polar surface area (TPSA) is 67.3 Å². The molecule has 0 saturated carbocycles. The molecule has 92 valence electrons. The standard InChI is InChI=1S/C10H10ClNO3S2/c11-7-3-4-9-8(6-7)12-10(16-9)2-1-5-17(13,14)15/h3-4,6H,1-2,5H2,(H,13,14,15). The Morgan fingerprint density at radius 1 is 1.41 bits per heavy atom. The minimum atomic E-state index is -3.88. The third kappa shape index (κ3) is 3.64. The molecule has 7 heteroatoms. The fourth-order valence-electron chi connectivity index (χ4n) is 1.46. The van der Waals surface area contributed by atoms with Gasteiger partial charge in [-0.3, -0.25) is 4.55 Å². The highest BCUT2D eigenvalue weighted by molar-refractivity contribution is 7.85. The summed E-state index contributed by atoms with van der Waals surface area (Å²) in [5.41, 5.74) is 0.823. The molecule has 0 radical (unpaired) electrons. The van der Waals surface area contributed by atoms with E-state index in [0.717, 1.165) is 15.2 Å². The fourth-order valence-corrected chi connectivity index (χ4v) is 3.13. The number of hydrogen-bond donors (Lipinski definition) is 1. The van der Waals surface area contributed by atoms with Crippen LogP contribution in [0.15, 0.2) is 18.2 Å².